The predicted octanol–water partition coefficient (Wildman–Crippen LogP) is 1.55. The predicted molar refractivity (Wildman–Crippen MR) is 78.9 cm³/mol. The lowest BCUT2D eigenvalue weighted by Gasteiger charge is -2.37. The molecule has 1 amide bonds. The molecule has 2 fully saturated rings. The lowest BCUT2D eigenvalue weighted by molar-refractivity contribution is -0.124. The first-order valence-electron chi connectivity index (χ1n) is 6.95. The number of hydrogen-bond acceptors (Lipinski definition) is 4. The van der Waals surface area contributed by atoms with Crippen molar-refractivity contribution in [3.63, 3.8) is 0 Å². The number of benzene rings is 1. The highest BCUT2D eigenvalue weighted by molar-refractivity contribution is 6.31. The highest BCUT2D eigenvalue weighted by Crippen LogP contribution is 2.31. The molecule has 1 aromatic carbocycles. The highest BCUT2D eigenvalue weighted by atomic mass is 35.5. The van der Waals surface area contributed by atoms with Crippen LogP contribution in [-0.2, 0) is 9.53 Å². The lowest BCUT2D eigenvalue weighted by atomic mass is 10.1. The van der Waals surface area contributed by atoms with Gasteiger partial charge in [0.2, 0.25) is 5.91 Å². The normalized spacial score (nSPS) is 22.2. The van der Waals surface area contributed by atoms with Crippen LogP contribution in [0.1, 0.15) is 12.8 Å². The van der Waals surface area contributed by atoms with Crippen LogP contribution in [0, 0.1) is 5.82 Å². The first kappa shape index (κ1) is 14.4. The number of nitrogens with zero attached hydrogens (tertiary/aromatic N) is 1. The van der Waals surface area contributed by atoms with E-state index in [1.54, 1.807) is 4.90 Å². The van der Waals surface area contributed by atoms with Crippen LogP contribution in [0.3, 0.4) is 0 Å². The van der Waals surface area contributed by atoms with Gasteiger partial charge in [0.25, 0.3) is 0 Å². The van der Waals surface area contributed by atoms with Crippen molar-refractivity contribution in [2.24, 2.45) is 0 Å². The molecule has 21 heavy (non-hydrogen) atoms. The van der Waals surface area contributed by atoms with Gasteiger partial charge in [0.15, 0.2) is 0 Å². The first-order valence-corrected chi connectivity index (χ1v) is 7.33. The van der Waals surface area contributed by atoms with Crippen LogP contribution in [0.25, 0.3) is 0 Å². The number of amides is 1. The number of halogens is 2. The zero-order valence-electron chi connectivity index (χ0n) is 11.4. The number of morpholine rings is 1. The Morgan fingerprint density at radius 2 is 2.24 bits per heavy atom. The maximum absolute atomic E-state index is 13.7. The van der Waals surface area contributed by atoms with Crippen LogP contribution in [0.15, 0.2) is 12.1 Å². The van der Waals surface area contributed by atoms with Gasteiger partial charge in [-0.1, -0.05) is 11.6 Å². The van der Waals surface area contributed by atoms with E-state index in [9.17, 15) is 9.18 Å². The zero-order valence-corrected chi connectivity index (χ0v) is 12.2. The largest absolute Gasteiger partial charge is 0.397 e. The molecule has 0 aromatic heterocycles. The summed E-state index contributed by atoms with van der Waals surface area (Å²) < 4.78 is 19.1. The van der Waals surface area contributed by atoms with E-state index in [1.165, 1.54) is 12.1 Å². The molecule has 0 bridgehead atoms. The van der Waals surface area contributed by atoms with Crippen molar-refractivity contribution in [3.05, 3.63) is 23.0 Å². The fraction of sp³-hybridized carbons (Fsp3) is 0.500. The van der Waals surface area contributed by atoms with Crippen molar-refractivity contribution in [1.82, 2.24) is 5.32 Å². The van der Waals surface area contributed by atoms with Crippen LogP contribution < -0.4 is 16.0 Å². The van der Waals surface area contributed by atoms with E-state index < -0.39 is 11.9 Å². The summed E-state index contributed by atoms with van der Waals surface area (Å²) in [6.07, 6.45) is 2.02. The Labute approximate surface area is 127 Å². The molecule has 1 heterocycles. The third-order valence-corrected chi connectivity index (χ3v) is 4.02. The quantitative estimate of drug-likeness (QED) is 0.831. The van der Waals surface area contributed by atoms with E-state index in [-0.39, 0.29) is 23.6 Å². The van der Waals surface area contributed by atoms with Crippen molar-refractivity contribution in [2.45, 2.75) is 24.9 Å². The number of hydrogen-bond donors (Lipinski definition) is 2. The molecule has 5 nitrogen and oxygen atoms in total. The maximum atomic E-state index is 13.7. The minimum atomic E-state index is -0.547. The fourth-order valence-electron chi connectivity index (χ4n) is 2.43. The molecule has 1 aliphatic heterocycles. The molecule has 3 rings (SSSR count). The van der Waals surface area contributed by atoms with Crippen molar-refractivity contribution in [1.29, 1.82) is 0 Å². The van der Waals surface area contributed by atoms with Gasteiger partial charge in [-0.3, -0.25) is 4.79 Å². The summed E-state index contributed by atoms with van der Waals surface area (Å²) in [4.78, 5) is 14.1. The molecule has 1 atom stereocenters. The van der Waals surface area contributed by atoms with E-state index >= 15 is 0 Å². The van der Waals surface area contributed by atoms with Crippen LogP contribution in [-0.4, -0.2) is 37.7 Å². The van der Waals surface area contributed by atoms with Gasteiger partial charge >= 0.3 is 0 Å². The van der Waals surface area contributed by atoms with Gasteiger partial charge in [-0.05, 0) is 18.9 Å². The zero-order chi connectivity index (χ0) is 15.0. The minimum Gasteiger partial charge on any atom is -0.397 e. The Morgan fingerprint density at radius 3 is 2.95 bits per heavy atom. The topological polar surface area (TPSA) is 67.6 Å². The molecule has 7 heteroatoms. The third kappa shape index (κ3) is 3.06. The van der Waals surface area contributed by atoms with Crippen LogP contribution >= 0.6 is 11.6 Å². The average molecular weight is 314 g/mol. The SMILES string of the molecule is Nc1cc(Cl)c(F)cc1N1CCOCC1C(=O)NC1CC1. The molecule has 1 saturated carbocycles. The van der Waals surface area contributed by atoms with Crippen molar-refractivity contribution >= 4 is 28.9 Å². The number of nitrogens with two attached hydrogens (primary N) is 1. The van der Waals surface area contributed by atoms with E-state index in [1.807, 2.05) is 0 Å². The summed E-state index contributed by atoms with van der Waals surface area (Å²) in [5.74, 6) is -0.652. The number of rotatable bonds is 3. The number of carbonyl (C=O) groups excluding carboxylic acids is 1. The van der Waals surface area contributed by atoms with Gasteiger partial charge in [-0.2, -0.15) is 0 Å². The van der Waals surface area contributed by atoms with E-state index in [0.29, 0.717) is 24.5 Å². The van der Waals surface area contributed by atoms with Gasteiger partial charge in [-0.25, -0.2) is 4.39 Å². The molecule has 1 unspecified atom stereocenters. The van der Waals surface area contributed by atoms with E-state index in [0.717, 1.165) is 12.8 Å². The van der Waals surface area contributed by atoms with Gasteiger partial charge in [0, 0.05) is 18.7 Å². The first-order chi connectivity index (χ1) is 10.1. The summed E-state index contributed by atoms with van der Waals surface area (Å²) in [6.45, 7) is 1.22. The Hall–Kier alpha value is -1.53. The molecule has 2 aliphatic rings. The van der Waals surface area contributed by atoms with Crippen LogP contribution in [0.5, 0.6) is 0 Å². The highest BCUT2D eigenvalue weighted by Gasteiger charge is 2.34. The monoisotopic (exact) mass is 313 g/mol. The number of ether oxygens (including phenoxy) is 1. The van der Waals surface area contributed by atoms with E-state index in [2.05, 4.69) is 5.32 Å². The second kappa shape index (κ2) is 5.69. The second-order valence-electron chi connectivity index (χ2n) is 5.39. The summed E-state index contributed by atoms with van der Waals surface area (Å²) in [5.41, 5.74) is 6.77. The number of nitrogen functional groups attached to an aromatic ring is 1. The molecule has 3 N–H and O–H groups in total. The Kier molecular flexibility index (Phi) is 3.91. The van der Waals surface area contributed by atoms with Crippen molar-refractivity contribution in [2.75, 3.05) is 30.4 Å². The Morgan fingerprint density at radius 1 is 1.48 bits per heavy atom. The summed E-state index contributed by atoms with van der Waals surface area (Å²) in [6, 6.07) is 2.42. The maximum Gasteiger partial charge on any atom is 0.245 e. The second-order valence-corrected chi connectivity index (χ2v) is 5.80. The number of nitrogens with one attached hydrogen (secondary N) is 1. The molecule has 114 valence electrons. The summed E-state index contributed by atoms with van der Waals surface area (Å²) in [7, 11) is 0. The van der Waals surface area contributed by atoms with Crippen molar-refractivity contribution in [3.8, 4) is 0 Å². The van der Waals surface area contributed by atoms with Gasteiger partial charge in [-0.15, -0.1) is 0 Å². The minimum absolute atomic E-state index is 0.0245. The lowest BCUT2D eigenvalue weighted by Crippen LogP contribution is -2.54. The molecule has 1 saturated heterocycles. The average Bonchev–Trinajstić information content (AvgIpc) is 3.27. The Bertz CT molecular complexity index is 565. The smallest absolute Gasteiger partial charge is 0.245 e. The molecular formula is C14H17ClFN3O2. The van der Waals surface area contributed by atoms with Crippen LogP contribution in [0.2, 0.25) is 5.02 Å². The molecular weight excluding hydrogens is 297 g/mol. The standard InChI is InChI=1S/C14H17ClFN3O2/c15-9-5-11(17)12(6-10(9)16)19-3-4-21-7-13(19)14(20)18-8-1-2-8/h5-6,8,13H,1-4,7,17H2,(H,18,20). The fourth-order valence-corrected chi connectivity index (χ4v) is 2.61. The third-order valence-electron chi connectivity index (χ3n) is 3.73. The van der Waals surface area contributed by atoms with Gasteiger partial charge < -0.3 is 20.7 Å². The summed E-state index contributed by atoms with van der Waals surface area (Å²) >= 11 is 5.72. The number of anilines is 2. The van der Waals surface area contributed by atoms with Gasteiger partial charge in [0.1, 0.15) is 11.9 Å². The van der Waals surface area contributed by atoms with Gasteiger partial charge in [0.05, 0.1) is 29.6 Å². The Balaban J connectivity index is 1.86. The summed E-state index contributed by atoms with van der Waals surface area (Å²) in [5, 5.41) is 2.92. The number of carbonyl (C=O) groups is 1. The molecule has 0 radical (unpaired) electrons. The van der Waals surface area contributed by atoms with Crippen LogP contribution in [0.4, 0.5) is 15.8 Å². The van der Waals surface area contributed by atoms with Crippen molar-refractivity contribution < 1.29 is 13.9 Å². The molecule has 1 aliphatic carbocycles. The molecule has 0 spiro atoms. The molecule has 1 aromatic rings. The van der Waals surface area contributed by atoms with E-state index in [4.69, 9.17) is 22.1 Å².